The van der Waals surface area contributed by atoms with E-state index in [9.17, 15) is 29.7 Å². The van der Waals surface area contributed by atoms with Crippen molar-refractivity contribution in [3.63, 3.8) is 0 Å². The monoisotopic (exact) mass is 568 g/mol. The predicted molar refractivity (Wildman–Crippen MR) is 157 cm³/mol. The summed E-state index contributed by atoms with van der Waals surface area (Å²) in [4.78, 5) is 44.2. The number of nitrogens with one attached hydrogen (secondary N) is 1. The number of ketones is 2. The van der Waals surface area contributed by atoms with E-state index in [1.54, 1.807) is 14.1 Å². The molecule has 6 N–H and O–H groups in total. The largest absolute Gasteiger partial charge is 0.510 e. The van der Waals surface area contributed by atoms with Gasteiger partial charge in [0, 0.05) is 55.3 Å². The minimum atomic E-state index is -1.66. The number of aliphatic hydroxyl groups is 2. The Kier molecular flexibility index (Phi) is 7.81. The lowest BCUT2D eigenvalue weighted by Crippen LogP contribution is -2.59. The normalized spacial score (nSPS) is 27.8. The van der Waals surface area contributed by atoms with Crippen LogP contribution in [0.3, 0.4) is 0 Å². The molecule has 4 rings (SSSR count). The van der Waals surface area contributed by atoms with Crippen LogP contribution in [0.15, 0.2) is 23.0 Å². The molecule has 0 radical (unpaired) electrons. The molecule has 10 nitrogen and oxygen atoms in total. The van der Waals surface area contributed by atoms with Crippen LogP contribution in [0.25, 0.3) is 5.76 Å². The maximum atomic E-state index is 14.5. The van der Waals surface area contributed by atoms with Crippen LogP contribution in [0, 0.1) is 28.6 Å². The summed E-state index contributed by atoms with van der Waals surface area (Å²) in [5.74, 6) is -4.31. The summed E-state index contributed by atoms with van der Waals surface area (Å²) in [6, 6.07) is 1.91. The van der Waals surface area contributed by atoms with Crippen LogP contribution in [-0.4, -0.2) is 79.0 Å². The molecule has 0 bridgehead atoms. The number of allylic oxidation sites excluding steroid dienone is 2. The number of nitrogens with two attached hydrogens (primary N) is 1. The Balaban J connectivity index is 1.97. The fourth-order valence-electron chi connectivity index (χ4n) is 7.19. The number of Topliss-reactive ketones (excluding diaryl/α,β-unsaturated/α-hetero) is 2. The number of carbonyl (C=O) groups excluding carboxylic acids is 3. The lowest BCUT2D eigenvalue weighted by atomic mass is 9.47. The van der Waals surface area contributed by atoms with Crippen molar-refractivity contribution >= 4 is 28.9 Å². The second kappa shape index (κ2) is 10.5. The Morgan fingerprint density at radius 3 is 2.32 bits per heavy atom. The summed E-state index contributed by atoms with van der Waals surface area (Å²) in [7, 11) is 7.38. The van der Waals surface area contributed by atoms with Crippen molar-refractivity contribution in [2.75, 3.05) is 46.2 Å². The number of fused-ring (bicyclic) bond motifs is 3. The molecule has 1 amide bonds. The molecule has 3 aliphatic carbocycles. The number of benzene rings is 1. The molecule has 1 fully saturated rings. The van der Waals surface area contributed by atoms with Crippen LogP contribution < -0.4 is 16.0 Å². The lowest BCUT2D eigenvalue weighted by Gasteiger charge is -2.54. The minimum Gasteiger partial charge on any atom is -0.510 e. The van der Waals surface area contributed by atoms with E-state index in [1.165, 1.54) is 6.92 Å². The molecule has 0 aliphatic heterocycles. The molecule has 0 aromatic heterocycles. The molecule has 1 aromatic carbocycles. The van der Waals surface area contributed by atoms with Gasteiger partial charge in [-0.15, -0.1) is 0 Å². The zero-order valence-electron chi connectivity index (χ0n) is 25.4. The number of primary amides is 1. The predicted octanol–water partition coefficient (Wildman–Crippen LogP) is 2.69. The molecule has 0 saturated heterocycles. The first-order valence-corrected chi connectivity index (χ1v) is 14.1. The van der Waals surface area contributed by atoms with Gasteiger partial charge < -0.3 is 36.2 Å². The molecular weight excluding hydrogens is 524 g/mol. The molecule has 41 heavy (non-hydrogen) atoms. The zero-order valence-corrected chi connectivity index (χ0v) is 25.4. The van der Waals surface area contributed by atoms with Crippen molar-refractivity contribution in [2.24, 2.45) is 34.3 Å². The van der Waals surface area contributed by atoms with Crippen LogP contribution in [-0.2, 0) is 27.3 Å². The van der Waals surface area contributed by atoms with E-state index in [0.717, 1.165) is 12.2 Å². The highest BCUT2D eigenvalue weighted by Gasteiger charge is 2.64. The number of hydrogen-bond acceptors (Lipinski definition) is 9. The molecule has 0 heterocycles. The summed E-state index contributed by atoms with van der Waals surface area (Å²) in [6.07, 6.45) is 0.622. The molecule has 10 heteroatoms. The molecule has 3 aliphatic rings. The maximum absolute atomic E-state index is 14.5. The number of nitrogens with zero attached hydrogens (tertiary/aromatic N) is 2. The maximum Gasteiger partial charge on any atom is 0.255 e. The molecule has 4 atom stereocenters. The van der Waals surface area contributed by atoms with Gasteiger partial charge in [-0.3, -0.25) is 14.4 Å². The Morgan fingerprint density at radius 2 is 1.78 bits per heavy atom. The topological polar surface area (TPSA) is 156 Å². The van der Waals surface area contributed by atoms with Gasteiger partial charge in [-0.1, -0.05) is 20.8 Å². The molecule has 224 valence electrons. The Bertz CT molecular complexity index is 1380. The zero-order chi connectivity index (χ0) is 30.8. The first-order chi connectivity index (χ1) is 19.0. The van der Waals surface area contributed by atoms with Crippen molar-refractivity contribution in [1.29, 1.82) is 0 Å². The highest BCUT2D eigenvalue weighted by Crippen LogP contribution is 2.62. The van der Waals surface area contributed by atoms with Crippen molar-refractivity contribution in [1.82, 2.24) is 10.2 Å². The smallest absolute Gasteiger partial charge is 0.255 e. The van der Waals surface area contributed by atoms with E-state index in [2.05, 4.69) is 19.2 Å². The Morgan fingerprint density at radius 1 is 1.15 bits per heavy atom. The lowest BCUT2D eigenvalue weighted by molar-refractivity contribution is -0.141. The molecule has 1 saturated carbocycles. The quantitative estimate of drug-likeness (QED) is 0.298. The number of aromatic hydroxyl groups is 1. The highest BCUT2D eigenvalue weighted by atomic mass is 16.3. The van der Waals surface area contributed by atoms with Crippen molar-refractivity contribution in [3.05, 3.63) is 39.7 Å². The second-order valence-electron chi connectivity index (χ2n) is 13.3. The number of carbonyl (C=O) groups is 3. The van der Waals surface area contributed by atoms with E-state index in [0.29, 0.717) is 36.4 Å². The molecule has 1 aromatic rings. The van der Waals surface area contributed by atoms with Crippen LogP contribution in [0.1, 0.15) is 50.8 Å². The van der Waals surface area contributed by atoms with Gasteiger partial charge >= 0.3 is 0 Å². The number of rotatable bonds is 8. The molecular formula is C31H44N4O6. The minimum absolute atomic E-state index is 0.0874. The SMILES string of the molecule is CC(C)CNCc1cc(N(C)C)c2c(c1O)C(O)=C1C(=O)[C@]3(C)C(O)=C(C(N)=O)C(=O)[C@@H](CN(C)C)C3C[C@]1(C)C2. The average Bonchev–Trinajstić information content (AvgIpc) is 2.84. The second-order valence-corrected chi connectivity index (χ2v) is 13.3. The van der Waals surface area contributed by atoms with Crippen LogP contribution in [0.5, 0.6) is 5.75 Å². The van der Waals surface area contributed by atoms with E-state index in [-0.39, 0.29) is 29.2 Å². The number of aliphatic hydroxyl groups excluding tert-OH is 2. The third kappa shape index (κ3) is 4.70. The summed E-state index contributed by atoms with van der Waals surface area (Å²) >= 11 is 0. The van der Waals surface area contributed by atoms with Crippen LogP contribution >= 0.6 is 0 Å². The Hall–Kier alpha value is -3.37. The number of phenols is 1. The van der Waals surface area contributed by atoms with Crippen LogP contribution in [0.2, 0.25) is 0 Å². The standard InChI is InChI=1S/C31H44N4O6/c1-15(2)12-33-13-16-9-20(35(7)8)17-10-30(3)11-19-18(14-34(5)6)25(37)22(29(32)41)27(39)31(19,4)28(40)23(30)26(38)21(17)24(16)36/h9,15,18-19,33,36,38-39H,10-14H2,1-8H3,(H2,32,41)/t18-,19?,30-,31-/m0/s1. The number of phenolic OH excluding ortho intramolecular Hbond substituents is 1. The third-order valence-electron chi connectivity index (χ3n) is 9.17. The first kappa shape index (κ1) is 30.6. The molecule has 1 unspecified atom stereocenters. The summed E-state index contributed by atoms with van der Waals surface area (Å²) in [6.45, 7) is 8.93. The van der Waals surface area contributed by atoms with E-state index < -0.39 is 51.5 Å². The summed E-state index contributed by atoms with van der Waals surface area (Å²) in [5.41, 5.74) is 4.84. The van der Waals surface area contributed by atoms with Gasteiger partial charge in [0.15, 0.2) is 11.6 Å². The van der Waals surface area contributed by atoms with Gasteiger partial charge in [0.2, 0.25) is 0 Å². The van der Waals surface area contributed by atoms with Crippen LogP contribution in [0.4, 0.5) is 5.69 Å². The summed E-state index contributed by atoms with van der Waals surface area (Å²) in [5, 5.41) is 38.0. The number of hydrogen-bond donors (Lipinski definition) is 5. The third-order valence-corrected chi connectivity index (χ3v) is 9.17. The fourth-order valence-corrected chi connectivity index (χ4v) is 7.19. The Labute approximate surface area is 241 Å². The summed E-state index contributed by atoms with van der Waals surface area (Å²) < 4.78 is 0. The van der Waals surface area contributed by atoms with E-state index in [1.807, 2.05) is 36.9 Å². The van der Waals surface area contributed by atoms with Gasteiger partial charge in [-0.25, -0.2) is 0 Å². The first-order valence-electron chi connectivity index (χ1n) is 14.1. The fraction of sp³-hybridized carbons (Fsp3) is 0.581. The highest BCUT2D eigenvalue weighted by molar-refractivity contribution is 6.23. The van der Waals surface area contributed by atoms with Crippen molar-refractivity contribution < 1.29 is 29.7 Å². The molecule has 0 spiro atoms. The van der Waals surface area contributed by atoms with Gasteiger partial charge in [-0.2, -0.15) is 0 Å². The van der Waals surface area contributed by atoms with Crippen molar-refractivity contribution in [2.45, 2.75) is 47.1 Å². The number of anilines is 1. The van der Waals surface area contributed by atoms with Crippen molar-refractivity contribution in [3.8, 4) is 5.75 Å². The van der Waals surface area contributed by atoms with Gasteiger partial charge in [0.25, 0.3) is 5.91 Å². The van der Waals surface area contributed by atoms with Gasteiger partial charge in [-0.05, 0) is 63.9 Å². The van der Waals surface area contributed by atoms with E-state index in [4.69, 9.17) is 5.73 Å². The van der Waals surface area contributed by atoms with Gasteiger partial charge in [0.05, 0.1) is 11.0 Å². The average molecular weight is 569 g/mol. The van der Waals surface area contributed by atoms with E-state index >= 15 is 0 Å². The van der Waals surface area contributed by atoms with Gasteiger partial charge in [0.1, 0.15) is 22.8 Å². The number of amides is 1.